The molecule has 3 rings (SSSR count). The molecule has 0 aliphatic carbocycles. The van der Waals surface area contributed by atoms with Gasteiger partial charge in [-0.05, 0) is 25.1 Å². The van der Waals surface area contributed by atoms with Gasteiger partial charge in [-0.1, -0.05) is 35.2 Å². The molecule has 1 aromatic carbocycles. The molecule has 26 heavy (non-hydrogen) atoms. The van der Waals surface area contributed by atoms with Crippen molar-refractivity contribution in [1.29, 1.82) is 0 Å². The van der Waals surface area contributed by atoms with E-state index in [2.05, 4.69) is 15.5 Å². The average Bonchev–Trinajstić information content (AvgIpc) is 3.26. The first kappa shape index (κ1) is 18.3. The molecule has 0 saturated heterocycles. The SMILES string of the molecule is COC(=O)c1cc(CSc2nnc(Nc3ccccc3OC)s2)oc1C. The fraction of sp³-hybridized carbons (Fsp3) is 0.235. The number of carbonyl (C=O) groups is 1. The van der Waals surface area contributed by atoms with Gasteiger partial charge in [0.05, 0.1) is 25.7 Å². The van der Waals surface area contributed by atoms with Crippen molar-refractivity contribution in [3.05, 3.63) is 47.4 Å². The van der Waals surface area contributed by atoms with Crippen LogP contribution in [0, 0.1) is 6.92 Å². The monoisotopic (exact) mass is 391 g/mol. The zero-order chi connectivity index (χ0) is 18.5. The number of furan rings is 1. The molecule has 0 saturated carbocycles. The Morgan fingerprint density at radius 3 is 2.88 bits per heavy atom. The molecule has 0 atom stereocenters. The first-order valence-corrected chi connectivity index (χ1v) is 9.45. The molecule has 2 heterocycles. The number of hydrogen-bond acceptors (Lipinski definition) is 9. The van der Waals surface area contributed by atoms with Crippen LogP contribution in [0.1, 0.15) is 21.9 Å². The second kappa shape index (κ2) is 8.24. The molecule has 0 amide bonds. The summed E-state index contributed by atoms with van der Waals surface area (Å²) in [5.74, 6) is 2.10. The number of thioether (sulfide) groups is 1. The number of para-hydroxylation sites is 2. The predicted molar refractivity (Wildman–Crippen MR) is 101 cm³/mol. The molecule has 0 bridgehead atoms. The first-order valence-electron chi connectivity index (χ1n) is 7.64. The Morgan fingerprint density at radius 1 is 1.31 bits per heavy atom. The van der Waals surface area contributed by atoms with E-state index in [4.69, 9.17) is 13.9 Å². The van der Waals surface area contributed by atoms with Crippen molar-refractivity contribution < 1.29 is 18.7 Å². The largest absolute Gasteiger partial charge is 0.495 e. The standard InChI is InChI=1S/C17H17N3O4S2/c1-10-12(15(21)23-3)8-11(24-10)9-25-17-20-19-16(26-17)18-13-6-4-5-7-14(13)22-2/h4-8H,9H2,1-3H3,(H,18,19). The number of nitrogens with one attached hydrogen (secondary N) is 1. The molecule has 0 spiro atoms. The van der Waals surface area contributed by atoms with Crippen LogP contribution < -0.4 is 10.1 Å². The highest BCUT2D eigenvalue weighted by Crippen LogP contribution is 2.33. The van der Waals surface area contributed by atoms with Crippen LogP contribution in [0.4, 0.5) is 10.8 Å². The molecule has 3 aromatic rings. The minimum Gasteiger partial charge on any atom is -0.495 e. The number of hydrogen-bond donors (Lipinski definition) is 1. The Hall–Kier alpha value is -2.52. The van der Waals surface area contributed by atoms with E-state index in [9.17, 15) is 4.79 Å². The van der Waals surface area contributed by atoms with Crippen molar-refractivity contribution >= 4 is 39.9 Å². The summed E-state index contributed by atoms with van der Waals surface area (Å²) >= 11 is 2.91. The third-order valence-corrected chi connectivity index (χ3v) is 5.46. The number of methoxy groups -OCH3 is 2. The fourth-order valence-electron chi connectivity index (χ4n) is 2.24. The van der Waals surface area contributed by atoms with Gasteiger partial charge in [0.1, 0.15) is 22.8 Å². The van der Waals surface area contributed by atoms with E-state index >= 15 is 0 Å². The van der Waals surface area contributed by atoms with Gasteiger partial charge in [-0.15, -0.1) is 10.2 Å². The number of carbonyl (C=O) groups excluding carboxylic acids is 1. The smallest absolute Gasteiger partial charge is 0.341 e. The van der Waals surface area contributed by atoms with Crippen LogP contribution in [0.3, 0.4) is 0 Å². The molecule has 2 aromatic heterocycles. The summed E-state index contributed by atoms with van der Waals surface area (Å²) < 4.78 is 16.4. The summed E-state index contributed by atoms with van der Waals surface area (Å²) in [5.41, 5.74) is 1.27. The van der Waals surface area contributed by atoms with Crippen molar-refractivity contribution in [2.24, 2.45) is 0 Å². The summed E-state index contributed by atoms with van der Waals surface area (Å²) in [5, 5.41) is 12.2. The van der Waals surface area contributed by atoms with Gasteiger partial charge in [-0.3, -0.25) is 0 Å². The lowest BCUT2D eigenvalue weighted by Crippen LogP contribution is -2.00. The molecule has 9 heteroatoms. The van der Waals surface area contributed by atoms with Gasteiger partial charge in [0.25, 0.3) is 0 Å². The maximum atomic E-state index is 11.6. The number of aromatic nitrogens is 2. The molecule has 0 aliphatic rings. The van der Waals surface area contributed by atoms with E-state index in [0.717, 1.165) is 15.8 Å². The lowest BCUT2D eigenvalue weighted by atomic mass is 10.2. The van der Waals surface area contributed by atoms with E-state index < -0.39 is 5.97 Å². The lowest BCUT2D eigenvalue weighted by molar-refractivity contribution is 0.0599. The predicted octanol–water partition coefficient (Wildman–Crippen LogP) is 4.27. The highest BCUT2D eigenvalue weighted by atomic mass is 32.2. The maximum Gasteiger partial charge on any atom is 0.341 e. The van der Waals surface area contributed by atoms with Crippen molar-refractivity contribution in [2.75, 3.05) is 19.5 Å². The van der Waals surface area contributed by atoms with E-state index in [1.165, 1.54) is 30.2 Å². The van der Waals surface area contributed by atoms with Crippen LogP contribution in [0.25, 0.3) is 0 Å². The molecular formula is C17H17N3O4S2. The lowest BCUT2D eigenvalue weighted by Gasteiger charge is -2.07. The van der Waals surface area contributed by atoms with Gasteiger partial charge >= 0.3 is 5.97 Å². The van der Waals surface area contributed by atoms with Crippen LogP contribution in [0.5, 0.6) is 5.75 Å². The van der Waals surface area contributed by atoms with Crippen molar-refractivity contribution in [3.63, 3.8) is 0 Å². The number of aryl methyl sites for hydroxylation is 1. The molecule has 1 N–H and O–H groups in total. The van der Waals surface area contributed by atoms with Crippen LogP contribution in [-0.2, 0) is 10.5 Å². The molecule has 7 nitrogen and oxygen atoms in total. The Morgan fingerprint density at radius 2 is 2.12 bits per heavy atom. The summed E-state index contributed by atoms with van der Waals surface area (Å²) in [6.07, 6.45) is 0. The van der Waals surface area contributed by atoms with Gasteiger partial charge in [-0.2, -0.15) is 0 Å². The number of nitrogens with zero attached hydrogens (tertiary/aromatic N) is 2. The number of esters is 1. The van der Waals surface area contributed by atoms with Crippen LogP contribution >= 0.6 is 23.1 Å². The first-order chi connectivity index (χ1) is 12.6. The minimum atomic E-state index is -0.401. The zero-order valence-corrected chi connectivity index (χ0v) is 16.1. The van der Waals surface area contributed by atoms with E-state index in [1.54, 1.807) is 20.1 Å². The third kappa shape index (κ3) is 4.17. The Kier molecular flexibility index (Phi) is 5.79. The molecular weight excluding hydrogens is 374 g/mol. The molecule has 0 radical (unpaired) electrons. The summed E-state index contributed by atoms with van der Waals surface area (Å²) in [4.78, 5) is 11.6. The van der Waals surface area contributed by atoms with E-state index in [0.29, 0.717) is 28.0 Å². The second-order valence-electron chi connectivity index (χ2n) is 5.16. The van der Waals surface area contributed by atoms with Crippen molar-refractivity contribution in [2.45, 2.75) is 17.0 Å². The molecule has 136 valence electrons. The zero-order valence-electron chi connectivity index (χ0n) is 14.4. The second-order valence-corrected chi connectivity index (χ2v) is 7.36. The van der Waals surface area contributed by atoms with Crippen LogP contribution in [0.15, 0.2) is 39.1 Å². The Balaban J connectivity index is 1.63. The minimum absolute atomic E-state index is 0.401. The molecule has 0 fully saturated rings. The van der Waals surface area contributed by atoms with Crippen molar-refractivity contribution in [3.8, 4) is 5.75 Å². The van der Waals surface area contributed by atoms with E-state index in [-0.39, 0.29) is 0 Å². The Labute approximate surface area is 158 Å². The highest BCUT2D eigenvalue weighted by Gasteiger charge is 2.16. The molecule has 0 aliphatic heterocycles. The number of ether oxygens (including phenoxy) is 2. The highest BCUT2D eigenvalue weighted by molar-refractivity contribution is 8.00. The van der Waals surface area contributed by atoms with Gasteiger partial charge in [0.15, 0.2) is 4.34 Å². The van der Waals surface area contributed by atoms with Gasteiger partial charge < -0.3 is 19.2 Å². The maximum absolute atomic E-state index is 11.6. The number of benzene rings is 1. The number of rotatable bonds is 7. The Bertz CT molecular complexity index is 907. The van der Waals surface area contributed by atoms with Gasteiger partial charge in [-0.25, -0.2) is 4.79 Å². The molecule has 0 unspecified atom stereocenters. The summed E-state index contributed by atoms with van der Waals surface area (Å²) in [6, 6.07) is 9.30. The average molecular weight is 391 g/mol. The fourth-order valence-corrected chi connectivity index (χ4v) is 3.89. The number of anilines is 2. The summed E-state index contributed by atoms with van der Waals surface area (Å²) in [6.45, 7) is 1.74. The quantitative estimate of drug-likeness (QED) is 0.472. The van der Waals surface area contributed by atoms with Crippen molar-refractivity contribution in [1.82, 2.24) is 10.2 Å². The van der Waals surface area contributed by atoms with Gasteiger partial charge in [0, 0.05) is 0 Å². The normalized spacial score (nSPS) is 10.6. The summed E-state index contributed by atoms with van der Waals surface area (Å²) in [7, 11) is 2.97. The topological polar surface area (TPSA) is 86.5 Å². The van der Waals surface area contributed by atoms with Crippen LogP contribution in [-0.4, -0.2) is 30.4 Å². The van der Waals surface area contributed by atoms with Crippen LogP contribution in [0.2, 0.25) is 0 Å². The van der Waals surface area contributed by atoms with E-state index in [1.807, 2.05) is 24.3 Å². The third-order valence-electron chi connectivity index (χ3n) is 3.47. The van der Waals surface area contributed by atoms with Gasteiger partial charge in [0.2, 0.25) is 5.13 Å².